The number of hydrogen-bond acceptors (Lipinski definition) is 3. The molecule has 0 spiro atoms. The standard InChI is InChI=1S/C15H22N2O2/c16-15(19)13-5-3-4-12(10-13)11-17-8-2-1-6-14(17)7-9-18/h3-5,10,14,18H,1-2,6-9,11H2,(H2,16,19). The van der Waals surface area contributed by atoms with Crippen molar-refractivity contribution in [2.24, 2.45) is 5.73 Å². The van der Waals surface area contributed by atoms with Gasteiger partial charge in [-0.2, -0.15) is 0 Å². The molecule has 1 aromatic carbocycles. The summed E-state index contributed by atoms with van der Waals surface area (Å²) in [6, 6.07) is 7.97. The first kappa shape index (κ1) is 14.0. The maximum absolute atomic E-state index is 11.2. The van der Waals surface area contributed by atoms with E-state index in [0.29, 0.717) is 11.6 Å². The smallest absolute Gasteiger partial charge is 0.248 e. The van der Waals surface area contributed by atoms with Crippen molar-refractivity contribution in [1.82, 2.24) is 4.90 Å². The van der Waals surface area contributed by atoms with Gasteiger partial charge in [0.25, 0.3) is 0 Å². The van der Waals surface area contributed by atoms with Crippen LogP contribution in [0.3, 0.4) is 0 Å². The quantitative estimate of drug-likeness (QED) is 0.845. The number of hydrogen-bond donors (Lipinski definition) is 2. The third-order valence-corrected chi connectivity index (χ3v) is 3.81. The Hall–Kier alpha value is -1.39. The Morgan fingerprint density at radius 3 is 3.00 bits per heavy atom. The van der Waals surface area contributed by atoms with Gasteiger partial charge in [0.05, 0.1) is 0 Å². The van der Waals surface area contributed by atoms with E-state index >= 15 is 0 Å². The highest BCUT2D eigenvalue weighted by Gasteiger charge is 2.21. The van der Waals surface area contributed by atoms with Crippen LogP contribution in [0.15, 0.2) is 24.3 Å². The molecule has 19 heavy (non-hydrogen) atoms. The number of nitrogens with zero attached hydrogens (tertiary/aromatic N) is 1. The van der Waals surface area contributed by atoms with Crippen LogP contribution >= 0.6 is 0 Å². The molecule has 1 unspecified atom stereocenters. The van der Waals surface area contributed by atoms with Crippen LogP contribution in [0.5, 0.6) is 0 Å². The number of piperidine rings is 1. The highest BCUT2D eigenvalue weighted by molar-refractivity contribution is 5.92. The summed E-state index contributed by atoms with van der Waals surface area (Å²) in [5, 5.41) is 9.13. The first-order chi connectivity index (χ1) is 9.20. The van der Waals surface area contributed by atoms with E-state index in [1.54, 1.807) is 6.07 Å². The first-order valence-corrected chi connectivity index (χ1v) is 6.94. The highest BCUT2D eigenvalue weighted by atomic mass is 16.3. The molecule has 0 saturated carbocycles. The van der Waals surface area contributed by atoms with Gasteiger partial charge >= 0.3 is 0 Å². The summed E-state index contributed by atoms with van der Waals surface area (Å²) in [5.74, 6) is -0.382. The number of carbonyl (C=O) groups is 1. The summed E-state index contributed by atoms with van der Waals surface area (Å²) in [6.07, 6.45) is 4.42. The van der Waals surface area contributed by atoms with Crippen LogP contribution in [0.1, 0.15) is 41.6 Å². The Morgan fingerprint density at radius 1 is 1.42 bits per heavy atom. The van der Waals surface area contributed by atoms with Crippen LogP contribution in [-0.4, -0.2) is 35.1 Å². The molecule has 2 rings (SSSR count). The van der Waals surface area contributed by atoms with E-state index in [1.165, 1.54) is 12.8 Å². The van der Waals surface area contributed by atoms with Gasteiger partial charge < -0.3 is 10.8 Å². The Kier molecular flexibility index (Phi) is 4.93. The molecule has 1 aliphatic rings. The Morgan fingerprint density at radius 2 is 2.26 bits per heavy atom. The zero-order valence-corrected chi connectivity index (χ0v) is 11.2. The van der Waals surface area contributed by atoms with E-state index in [2.05, 4.69) is 4.90 Å². The van der Waals surface area contributed by atoms with Crippen LogP contribution in [-0.2, 0) is 6.54 Å². The number of carbonyl (C=O) groups excluding carboxylic acids is 1. The summed E-state index contributed by atoms with van der Waals surface area (Å²) in [4.78, 5) is 13.6. The molecular weight excluding hydrogens is 240 g/mol. The maximum atomic E-state index is 11.2. The van der Waals surface area contributed by atoms with Crippen molar-refractivity contribution in [2.75, 3.05) is 13.2 Å². The number of primary amides is 1. The van der Waals surface area contributed by atoms with Crippen molar-refractivity contribution in [2.45, 2.75) is 38.3 Å². The number of benzene rings is 1. The molecule has 0 aliphatic carbocycles. The fourth-order valence-corrected chi connectivity index (χ4v) is 2.80. The molecule has 3 N–H and O–H groups in total. The molecule has 0 radical (unpaired) electrons. The molecular formula is C15H22N2O2. The molecule has 0 bridgehead atoms. The summed E-state index contributed by atoms with van der Waals surface area (Å²) in [5.41, 5.74) is 6.98. The van der Waals surface area contributed by atoms with Crippen LogP contribution in [0, 0.1) is 0 Å². The second-order valence-corrected chi connectivity index (χ2v) is 5.20. The van der Waals surface area contributed by atoms with E-state index in [1.807, 2.05) is 18.2 Å². The minimum atomic E-state index is -0.382. The highest BCUT2D eigenvalue weighted by Crippen LogP contribution is 2.22. The normalized spacial score (nSPS) is 20.4. The van der Waals surface area contributed by atoms with Crippen molar-refractivity contribution < 1.29 is 9.90 Å². The zero-order valence-electron chi connectivity index (χ0n) is 11.2. The molecule has 1 aromatic rings. The second kappa shape index (κ2) is 6.68. The lowest BCUT2D eigenvalue weighted by molar-refractivity contribution is 0.0999. The van der Waals surface area contributed by atoms with Gasteiger partial charge in [-0.25, -0.2) is 0 Å². The van der Waals surface area contributed by atoms with Gasteiger partial charge in [-0.1, -0.05) is 18.6 Å². The van der Waals surface area contributed by atoms with Gasteiger partial charge in [0, 0.05) is 24.8 Å². The minimum absolute atomic E-state index is 0.239. The minimum Gasteiger partial charge on any atom is -0.396 e. The number of likely N-dealkylation sites (tertiary alicyclic amines) is 1. The lowest BCUT2D eigenvalue weighted by atomic mass is 9.98. The van der Waals surface area contributed by atoms with Crippen molar-refractivity contribution >= 4 is 5.91 Å². The summed E-state index contributed by atoms with van der Waals surface area (Å²) >= 11 is 0. The third kappa shape index (κ3) is 3.78. The maximum Gasteiger partial charge on any atom is 0.248 e. The van der Waals surface area contributed by atoms with E-state index < -0.39 is 0 Å². The average molecular weight is 262 g/mol. The van der Waals surface area contributed by atoms with Crippen molar-refractivity contribution in [1.29, 1.82) is 0 Å². The molecule has 1 atom stereocenters. The molecule has 4 nitrogen and oxygen atoms in total. The van der Waals surface area contributed by atoms with Gasteiger partial charge in [-0.05, 0) is 43.5 Å². The molecule has 1 saturated heterocycles. The summed E-state index contributed by atoms with van der Waals surface area (Å²) in [6.45, 7) is 2.12. The number of nitrogens with two attached hydrogens (primary N) is 1. The monoisotopic (exact) mass is 262 g/mol. The molecule has 1 aliphatic heterocycles. The van der Waals surface area contributed by atoms with E-state index in [0.717, 1.165) is 31.5 Å². The van der Waals surface area contributed by atoms with Crippen molar-refractivity contribution in [3.8, 4) is 0 Å². The third-order valence-electron chi connectivity index (χ3n) is 3.81. The first-order valence-electron chi connectivity index (χ1n) is 6.94. The second-order valence-electron chi connectivity index (χ2n) is 5.20. The van der Waals surface area contributed by atoms with Crippen LogP contribution < -0.4 is 5.73 Å². The average Bonchev–Trinajstić information content (AvgIpc) is 2.41. The van der Waals surface area contributed by atoms with E-state index in [4.69, 9.17) is 10.8 Å². The van der Waals surface area contributed by atoms with Crippen LogP contribution in [0.25, 0.3) is 0 Å². The van der Waals surface area contributed by atoms with Crippen molar-refractivity contribution in [3.63, 3.8) is 0 Å². The topological polar surface area (TPSA) is 66.6 Å². The molecule has 0 aromatic heterocycles. The van der Waals surface area contributed by atoms with Gasteiger partial charge in [0.2, 0.25) is 5.91 Å². The van der Waals surface area contributed by atoms with Gasteiger partial charge in [0.1, 0.15) is 0 Å². The Labute approximate surface area is 114 Å². The SMILES string of the molecule is NC(=O)c1cccc(CN2CCCCC2CCO)c1. The zero-order chi connectivity index (χ0) is 13.7. The molecule has 4 heteroatoms. The fraction of sp³-hybridized carbons (Fsp3) is 0.533. The molecule has 1 amide bonds. The van der Waals surface area contributed by atoms with Crippen LogP contribution in [0.4, 0.5) is 0 Å². The number of rotatable bonds is 5. The van der Waals surface area contributed by atoms with Gasteiger partial charge in [0.15, 0.2) is 0 Å². The predicted octanol–water partition coefficient (Wildman–Crippen LogP) is 1.52. The lowest BCUT2D eigenvalue weighted by Gasteiger charge is -2.35. The predicted molar refractivity (Wildman–Crippen MR) is 74.7 cm³/mol. The molecule has 1 heterocycles. The summed E-state index contributed by atoms with van der Waals surface area (Å²) < 4.78 is 0. The van der Waals surface area contributed by atoms with E-state index in [-0.39, 0.29) is 12.5 Å². The molecule has 1 fully saturated rings. The number of aliphatic hydroxyl groups is 1. The van der Waals surface area contributed by atoms with Gasteiger partial charge in [-0.15, -0.1) is 0 Å². The van der Waals surface area contributed by atoms with Crippen LogP contribution in [0.2, 0.25) is 0 Å². The Balaban J connectivity index is 2.06. The Bertz CT molecular complexity index is 432. The number of amides is 1. The van der Waals surface area contributed by atoms with Crippen molar-refractivity contribution in [3.05, 3.63) is 35.4 Å². The summed E-state index contributed by atoms with van der Waals surface area (Å²) in [7, 11) is 0. The largest absolute Gasteiger partial charge is 0.396 e. The molecule has 104 valence electrons. The van der Waals surface area contributed by atoms with Gasteiger partial charge in [-0.3, -0.25) is 9.69 Å². The number of aliphatic hydroxyl groups excluding tert-OH is 1. The fourth-order valence-electron chi connectivity index (χ4n) is 2.80. The van der Waals surface area contributed by atoms with E-state index in [9.17, 15) is 4.79 Å². The lowest BCUT2D eigenvalue weighted by Crippen LogP contribution is -2.39.